The lowest BCUT2D eigenvalue weighted by atomic mass is 10.0. The molecule has 0 radical (unpaired) electrons. The van der Waals surface area contributed by atoms with Crippen LogP contribution in [0.2, 0.25) is 10.0 Å². The molecule has 0 bridgehead atoms. The van der Waals surface area contributed by atoms with Crippen LogP contribution in [0.5, 0.6) is 0 Å². The van der Waals surface area contributed by atoms with Gasteiger partial charge in [-0.3, -0.25) is 9.69 Å². The number of anilines is 1. The molecular formula is C28H24Cl2F3N3O. The van der Waals surface area contributed by atoms with Crippen LogP contribution in [-0.2, 0) is 19.1 Å². The summed E-state index contributed by atoms with van der Waals surface area (Å²) in [5, 5.41) is 9.60. The second-order valence-corrected chi connectivity index (χ2v) is 9.89. The third-order valence-corrected chi connectivity index (χ3v) is 7.22. The first-order valence-electron chi connectivity index (χ1n) is 11.7. The Labute approximate surface area is 223 Å². The number of rotatable bonds is 8. The Hall–Kier alpha value is -3.21. The van der Waals surface area contributed by atoms with Gasteiger partial charge in [-0.05, 0) is 60.1 Å². The van der Waals surface area contributed by atoms with E-state index < -0.39 is 17.6 Å². The molecular weight excluding hydrogens is 522 g/mol. The van der Waals surface area contributed by atoms with Crippen molar-refractivity contribution in [3.63, 3.8) is 0 Å². The summed E-state index contributed by atoms with van der Waals surface area (Å²) >= 11 is 12.7. The lowest BCUT2D eigenvalue weighted by Gasteiger charge is -2.26. The smallest absolute Gasteiger partial charge is 0.334 e. The molecule has 0 aromatic heterocycles. The summed E-state index contributed by atoms with van der Waals surface area (Å²) < 4.78 is 39.6. The van der Waals surface area contributed by atoms with Gasteiger partial charge in [0.15, 0.2) is 6.19 Å². The maximum absolute atomic E-state index is 13.9. The largest absolute Gasteiger partial charge is 0.416 e. The van der Waals surface area contributed by atoms with E-state index in [9.17, 15) is 23.2 Å². The van der Waals surface area contributed by atoms with Gasteiger partial charge < -0.3 is 4.90 Å². The molecule has 9 heteroatoms. The number of carbonyl (C=O) groups is 1. The van der Waals surface area contributed by atoms with E-state index in [2.05, 4.69) is 0 Å². The van der Waals surface area contributed by atoms with Gasteiger partial charge in [-0.25, -0.2) is 0 Å². The molecule has 3 aromatic rings. The quantitative estimate of drug-likeness (QED) is 0.215. The lowest BCUT2D eigenvalue weighted by molar-refractivity contribution is -0.137. The van der Waals surface area contributed by atoms with Crippen molar-refractivity contribution in [1.29, 1.82) is 5.26 Å². The number of benzene rings is 3. The van der Waals surface area contributed by atoms with Crippen molar-refractivity contribution in [1.82, 2.24) is 4.90 Å². The summed E-state index contributed by atoms with van der Waals surface area (Å²) in [6.07, 6.45) is 0.0406. The van der Waals surface area contributed by atoms with E-state index in [1.54, 1.807) is 12.1 Å². The Kier molecular flexibility index (Phi) is 8.01. The third kappa shape index (κ3) is 6.38. The lowest BCUT2D eigenvalue weighted by Crippen LogP contribution is -2.34. The Balaban J connectivity index is 1.66. The molecule has 1 aliphatic carbocycles. The van der Waals surface area contributed by atoms with Crippen molar-refractivity contribution in [3.05, 3.63) is 98.5 Å². The molecule has 0 unspecified atom stereocenters. The molecule has 0 spiro atoms. The van der Waals surface area contributed by atoms with Gasteiger partial charge in [0, 0.05) is 20.1 Å². The number of carbonyl (C=O) groups excluding carboxylic acids is 1. The summed E-state index contributed by atoms with van der Waals surface area (Å²) in [6.45, 7) is 0.338. The minimum Gasteiger partial charge on any atom is -0.334 e. The average Bonchev–Trinajstić information content (AvgIpc) is 3.73. The summed E-state index contributed by atoms with van der Waals surface area (Å²) in [5.41, 5.74) is 2.18. The van der Waals surface area contributed by atoms with E-state index in [4.69, 9.17) is 23.2 Å². The second-order valence-electron chi connectivity index (χ2n) is 9.11. The summed E-state index contributed by atoms with van der Waals surface area (Å²) in [5.74, 6) is 0.116. The maximum atomic E-state index is 13.9. The molecule has 4 rings (SSSR count). The maximum Gasteiger partial charge on any atom is 0.416 e. The predicted octanol–water partition coefficient (Wildman–Crippen LogP) is 7.69. The first kappa shape index (κ1) is 26.8. The molecule has 1 saturated carbocycles. The Bertz CT molecular complexity index is 1330. The number of nitrogens with zero attached hydrogens (tertiary/aromatic N) is 3. The minimum atomic E-state index is -4.46. The van der Waals surface area contributed by atoms with Crippen molar-refractivity contribution in [2.24, 2.45) is 0 Å². The van der Waals surface area contributed by atoms with Gasteiger partial charge in [0.05, 0.1) is 26.9 Å². The molecule has 4 nitrogen and oxygen atoms in total. The van der Waals surface area contributed by atoms with Crippen LogP contribution in [0.15, 0.2) is 60.7 Å². The molecule has 0 heterocycles. The molecule has 1 aliphatic rings. The van der Waals surface area contributed by atoms with Gasteiger partial charge in [0.2, 0.25) is 0 Å². The molecule has 0 aliphatic heterocycles. The van der Waals surface area contributed by atoms with Crippen molar-refractivity contribution >= 4 is 34.8 Å². The van der Waals surface area contributed by atoms with Gasteiger partial charge in [-0.2, -0.15) is 18.4 Å². The number of nitriles is 1. The highest BCUT2D eigenvalue weighted by Crippen LogP contribution is 2.40. The molecule has 37 heavy (non-hydrogen) atoms. The zero-order valence-corrected chi connectivity index (χ0v) is 21.5. The molecule has 0 N–H and O–H groups in total. The minimum absolute atomic E-state index is 0.0133. The van der Waals surface area contributed by atoms with E-state index in [-0.39, 0.29) is 40.8 Å². The molecule has 1 amide bonds. The van der Waals surface area contributed by atoms with Gasteiger partial charge >= 0.3 is 6.18 Å². The fraction of sp³-hybridized carbons (Fsp3) is 0.286. The number of alkyl halides is 3. The van der Waals surface area contributed by atoms with E-state index in [1.807, 2.05) is 30.5 Å². The highest BCUT2D eigenvalue weighted by atomic mass is 35.5. The zero-order valence-electron chi connectivity index (χ0n) is 20.0. The van der Waals surface area contributed by atoms with Crippen LogP contribution in [0.3, 0.4) is 0 Å². The van der Waals surface area contributed by atoms with Gasteiger partial charge in [-0.1, -0.05) is 65.7 Å². The molecule has 0 atom stereocenters. The Morgan fingerprint density at radius 2 is 1.76 bits per heavy atom. The molecule has 1 fully saturated rings. The van der Waals surface area contributed by atoms with Crippen LogP contribution in [0, 0.1) is 11.5 Å². The van der Waals surface area contributed by atoms with Crippen molar-refractivity contribution in [2.75, 3.05) is 18.5 Å². The van der Waals surface area contributed by atoms with Crippen molar-refractivity contribution in [3.8, 4) is 6.19 Å². The first-order chi connectivity index (χ1) is 17.6. The summed E-state index contributed by atoms with van der Waals surface area (Å²) in [6, 6.07) is 16.1. The van der Waals surface area contributed by atoms with Crippen molar-refractivity contribution < 1.29 is 18.0 Å². The predicted molar refractivity (Wildman–Crippen MR) is 139 cm³/mol. The Morgan fingerprint density at radius 3 is 2.38 bits per heavy atom. The highest BCUT2D eigenvalue weighted by Gasteiger charge is 2.31. The van der Waals surface area contributed by atoms with Gasteiger partial charge in [0.25, 0.3) is 5.91 Å². The SMILES string of the molecule is CN(C#N)c1ccc(Cl)c(Cl)c1C(=O)N(CCc1cccc(C(F)(F)F)c1)Cc1ccc(C2CC2)cc1. The van der Waals surface area contributed by atoms with Crippen LogP contribution < -0.4 is 4.90 Å². The fourth-order valence-corrected chi connectivity index (χ4v) is 4.59. The summed E-state index contributed by atoms with van der Waals surface area (Å²) in [4.78, 5) is 16.6. The normalized spacial score (nSPS) is 13.2. The second kappa shape index (κ2) is 11.0. The number of amides is 1. The van der Waals surface area contributed by atoms with Crippen LogP contribution in [0.1, 0.15) is 51.4 Å². The standard InChI is InChI=1S/C28H24Cl2F3N3O/c1-35(17-34)24-12-11-23(29)26(30)25(24)27(37)36(16-19-5-7-20(8-6-19)21-9-10-21)14-13-18-3-2-4-22(15-18)28(31,32)33/h2-8,11-12,15,21H,9-10,13-14,16H2,1H3. The molecule has 0 saturated heterocycles. The van der Waals surface area contributed by atoms with E-state index >= 15 is 0 Å². The Morgan fingerprint density at radius 1 is 1.05 bits per heavy atom. The summed E-state index contributed by atoms with van der Waals surface area (Å²) in [7, 11) is 1.50. The van der Waals surface area contributed by atoms with Crippen LogP contribution in [0.25, 0.3) is 0 Å². The van der Waals surface area contributed by atoms with Crippen LogP contribution in [-0.4, -0.2) is 24.4 Å². The third-order valence-electron chi connectivity index (χ3n) is 6.41. The van der Waals surface area contributed by atoms with E-state index in [0.29, 0.717) is 11.5 Å². The fourth-order valence-electron chi connectivity index (χ4n) is 4.19. The van der Waals surface area contributed by atoms with Gasteiger partial charge in [0.1, 0.15) is 0 Å². The molecule has 3 aromatic carbocycles. The molecule has 192 valence electrons. The van der Waals surface area contributed by atoms with Crippen LogP contribution in [0.4, 0.5) is 18.9 Å². The number of halogens is 5. The topological polar surface area (TPSA) is 47.3 Å². The highest BCUT2D eigenvalue weighted by molar-refractivity contribution is 6.44. The number of hydrogen-bond acceptors (Lipinski definition) is 3. The number of hydrogen-bond donors (Lipinski definition) is 0. The van der Waals surface area contributed by atoms with Gasteiger partial charge in [-0.15, -0.1) is 0 Å². The zero-order chi connectivity index (χ0) is 26.7. The van der Waals surface area contributed by atoms with Crippen LogP contribution >= 0.6 is 23.2 Å². The monoisotopic (exact) mass is 545 g/mol. The van der Waals surface area contributed by atoms with E-state index in [1.165, 1.54) is 47.4 Å². The van der Waals surface area contributed by atoms with E-state index in [0.717, 1.165) is 17.7 Å². The average molecular weight is 546 g/mol. The van der Waals surface area contributed by atoms with Crippen molar-refractivity contribution in [2.45, 2.75) is 37.9 Å². The first-order valence-corrected chi connectivity index (χ1v) is 12.5.